The van der Waals surface area contributed by atoms with Crippen LogP contribution in [0.2, 0.25) is 0 Å². The lowest BCUT2D eigenvalue weighted by Gasteiger charge is -2.09. The van der Waals surface area contributed by atoms with Crippen molar-refractivity contribution >= 4 is 34.9 Å². The minimum Gasteiger partial charge on any atom is -0.465 e. The molecule has 0 bridgehead atoms. The molecule has 0 aliphatic rings. The first-order valence-electron chi connectivity index (χ1n) is 8.66. The first kappa shape index (κ1) is 19.7. The molecule has 8 nitrogen and oxygen atoms in total. The standard InChI is InChI=1S/C21H18N4O4/c1-13(26)14-6-8-16(9-7-14)24-19-11-18(22-12-23-19)20(27)25-17-5-3-4-15(10-17)21(28)29-2/h3-12H,1-2H3,(H,25,27)(H,22,23,24). The predicted octanol–water partition coefficient (Wildman–Crippen LogP) is 3.46. The summed E-state index contributed by atoms with van der Waals surface area (Å²) in [5.74, 6) is -0.548. The third-order valence-electron chi connectivity index (χ3n) is 4.01. The Bertz CT molecular complexity index is 1060. The quantitative estimate of drug-likeness (QED) is 0.490. The third-order valence-corrected chi connectivity index (χ3v) is 4.01. The Morgan fingerprint density at radius 1 is 0.897 bits per heavy atom. The SMILES string of the molecule is COC(=O)c1cccc(NC(=O)c2cc(Nc3ccc(C(C)=O)cc3)ncn2)c1. The van der Waals surface area contributed by atoms with Crippen molar-refractivity contribution in [2.75, 3.05) is 17.7 Å². The maximum absolute atomic E-state index is 12.5. The summed E-state index contributed by atoms with van der Waals surface area (Å²) in [7, 11) is 1.29. The van der Waals surface area contributed by atoms with Gasteiger partial charge in [-0.3, -0.25) is 9.59 Å². The van der Waals surface area contributed by atoms with Crippen molar-refractivity contribution in [1.29, 1.82) is 0 Å². The molecule has 8 heteroatoms. The number of esters is 1. The molecule has 29 heavy (non-hydrogen) atoms. The van der Waals surface area contributed by atoms with E-state index in [0.717, 1.165) is 0 Å². The van der Waals surface area contributed by atoms with Crippen molar-refractivity contribution in [1.82, 2.24) is 9.97 Å². The van der Waals surface area contributed by atoms with Crippen LogP contribution in [0.15, 0.2) is 60.9 Å². The van der Waals surface area contributed by atoms with Crippen LogP contribution in [0.4, 0.5) is 17.2 Å². The van der Waals surface area contributed by atoms with E-state index in [4.69, 9.17) is 0 Å². The lowest BCUT2D eigenvalue weighted by Crippen LogP contribution is -2.15. The number of hydrogen-bond donors (Lipinski definition) is 2. The fourth-order valence-corrected chi connectivity index (χ4v) is 2.52. The average Bonchev–Trinajstić information content (AvgIpc) is 2.74. The summed E-state index contributed by atoms with van der Waals surface area (Å²) >= 11 is 0. The number of hydrogen-bond acceptors (Lipinski definition) is 7. The molecule has 0 fully saturated rings. The summed E-state index contributed by atoms with van der Waals surface area (Å²) < 4.78 is 4.67. The summed E-state index contributed by atoms with van der Waals surface area (Å²) in [5, 5.41) is 5.74. The van der Waals surface area contributed by atoms with Gasteiger partial charge in [0.15, 0.2) is 5.78 Å². The Balaban J connectivity index is 1.72. The number of nitrogens with one attached hydrogen (secondary N) is 2. The van der Waals surface area contributed by atoms with Crippen LogP contribution in [0.3, 0.4) is 0 Å². The minimum atomic E-state index is -0.495. The number of ketones is 1. The van der Waals surface area contributed by atoms with Crippen LogP contribution in [0.1, 0.15) is 38.1 Å². The van der Waals surface area contributed by atoms with Gasteiger partial charge in [0.2, 0.25) is 0 Å². The zero-order valence-electron chi connectivity index (χ0n) is 15.8. The number of nitrogens with zero attached hydrogens (tertiary/aromatic N) is 2. The van der Waals surface area contributed by atoms with E-state index in [-0.39, 0.29) is 11.5 Å². The molecule has 1 amide bonds. The van der Waals surface area contributed by atoms with E-state index in [1.165, 1.54) is 32.5 Å². The van der Waals surface area contributed by atoms with E-state index in [1.807, 2.05) is 0 Å². The van der Waals surface area contributed by atoms with Crippen LogP contribution in [-0.4, -0.2) is 34.7 Å². The van der Waals surface area contributed by atoms with E-state index in [0.29, 0.717) is 28.3 Å². The number of rotatable bonds is 6. The Kier molecular flexibility index (Phi) is 5.94. The number of aromatic nitrogens is 2. The van der Waals surface area contributed by atoms with Gasteiger partial charge in [0.05, 0.1) is 12.7 Å². The molecule has 1 aromatic heterocycles. The number of carbonyl (C=O) groups excluding carboxylic acids is 3. The highest BCUT2D eigenvalue weighted by atomic mass is 16.5. The van der Waals surface area contributed by atoms with Gasteiger partial charge in [-0.05, 0) is 49.4 Å². The molecule has 0 saturated carbocycles. The maximum atomic E-state index is 12.5. The number of carbonyl (C=O) groups is 3. The second kappa shape index (κ2) is 8.75. The molecule has 0 saturated heterocycles. The fourth-order valence-electron chi connectivity index (χ4n) is 2.52. The number of amides is 1. The van der Waals surface area contributed by atoms with Gasteiger partial charge in [-0.1, -0.05) is 6.07 Å². The van der Waals surface area contributed by atoms with Crippen LogP contribution < -0.4 is 10.6 Å². The summed E-state index contributed by atoms with van der Waals surface area (Å²) in [6.07, 6.45) is 1.27. The normalized spacial score (nSPS) is 10.1. The molecule has 0 atom stereocenters. The van der Waals surface area contributed by atoms with Crippen molar-refractivity contribution < 1.29 is 19.1 Å². The van der Waals surface area contributed by atoms with Gasteiger partial charge in [-0.2, -0.15) is 0 Å². The van der Waals surface area contributed by atoms with Crippen molar-refractivity contribution in [3.05, 3.63) is 77.7 Å². The van der Waals surface area contributed by atoms with Crippen LogP contribution in [0, 0.1) is 0 Å². The molecule has 0 radical (unpaired) electrons. The van der Waals surface area contributed by atoms with Gasteiger partial charge in [0.25, 0.3) is 5.91 Å². The highest BCUT2D eigenvalue weighted by molar-refractivity contribution is 6.04. The maximum Gasteiger partial charge on any atom is 0.337 e. The summed E-state index contributed by atoms with van der Waals surface area (Å²) in [6.45, 7) is 1.50. The van der Waals surface area contributed by atoms with Crippen LogP contribution in [0.5, 0.6) is 0 Å². The van der Waals surface area contributed by atoms with Crippen LogP contribution >= 0.6 is 0 Å². The summed E-state index contributed by atoms with van der Waals surface area (Å²) in [6, 6.07) is 14.8. The first-order valence-corrected chi connectivity index (χ1v) is 8.66. The third kappa shape index (κ3) is 5.01. The molecule has 0 aliphatic heterocycles. The molecular weight excluding hydrogens is 372 g/mol. The van der Waals surface area contributed by atoms with E-state index in [9.17, 15) is 14.4 Å². The largest absolute Gasteiger partial charge is 0.465 e. The van der Waals surface area contributed by atoms with E-state index < -0.39 is 11.9 Å². The monoisotopic (exact) mass is 390 g/mol. The van der Waals surface area contributed by atoms with Gasteiger partial charge in [0.1, 0.15) is 17.8 Å². The lowest BCUT2D eigenvalue weighted by molar-refractivity contribution is 0.0600. The zero-order chi connectivity index (χ0) is 20.8. The van der Waals surface area contributed by atoms with Crippen molar-refractivity contribution in [3.8, 4) is 0 Å². The first-order chi connectivity index (χ1) is 14.0. The van der Waals surface area contributed by atoms with Gasteiger partial charge in [0, 0.05) is 23.0 Å². The van der Waals surface area contributed by atoms with E-state index >= 15 is 0 Å². The fraction of sp³-hybridized carbons (Fsp3) is 0.0952. The second-order valence-electron chi connectivity index (χ2n) is 6.07. The molecule has 1 heterocycles. The summed E-state index contributed by atoms with van der Waals surface area (Å²) in [4.78, 5) is 43.6. The van der Waals surface area contributed by atoms with Crippen LogP contribution in [0.25, 0.3) is 0 Å². The molecule has 0 unspecified atom stereocenters. The lowest BCUT2D eigenvalue weighted by atomic mass is 10.1. The van der Waals surface area contributed by atoms with Crippen molar-refractivity contribution in [2.45, 2.75) is 6.92 Å². The number of methoxy groups -OCH3 is 1. The molecule has 146 valence electrons. The Morgan fingerprint density at radius 3 is 2.34 bits per heavy atom. The van der Waals surface area contributed by atoms with Crippen molar-refractivity contribution in [3.63, 3.8) is 0 Å². The zero-order valence-corrected chi connectivity index (χ0v) is 15.8. The van der Waals surface area contributed by atoms with Gasteiger partial charge in [-0.25, -0.2) is 14.8 Å². The van der Waals surface area contributed by atoms with Gasteiger partial charge in [-0.15, -0.1) is 0 Å². The molecule has 2 N–H and O–H groups in total. The molecule has 0 aliphatic carbocycles. The van der Waals surface area contributed by atoms with Crippen molar-refractivity contribution in [2.24, 2.45) is 0 Å². The number of anilines is 3. The van der Waals surface area contributed by atoms with Gasteiger partial charge < -0.3 is 15.4 Å². The van der Waals surface area contributed by atoms with Gasteiger partial charge >= 0.3 is 5.97 Å². The number of benzene rings is 2. The predicted molar refractivity (Wildman–Crippen MR) is 107 cm³/mol. The van der Waals surface area contributed by atoms with Crippen LogP contribution in [-0.2, 0) is 4.74 Å². The van der Waals surface area contributed by atoms with E-state index in [2.05, 4.69) is 25.3 Å². The number of ether oxygens (including phenoxy) is 1. The number of Topliss-reactive ketones (excluding diaryl/α,β-unsaturated/α-hetero) is 1. The summed E-state index contributed by atoms with van der Waals surface area (Å²) in [5.41, 5.74) is 2.22. The average molecular weight is 390 g/mol. The topological polar surface area (TPSA) is 110 Å². The molecule has 3 rings (SSSR count). The Morgan fingerprint density at radius 2 is 1.66 bits per heavy atom. The molecule has 3 aromatic rings. The Labute approximate surface area is 167 Å². The minimum absolute atomic E-state index is 0.0196. The second-order valence-corrected chi connectivity index (χ2v) is 6.07. The van der Waals surface area contributed by atoms with E-state index in [1.54, 1.807) is 42.5 Å². The molecule has 0 spiro atoms. The smallest absolute Gasteiger partial charge is 0.337 e. The highest BCUT2D eigenvalue weighted by Gasteiger charge is 2.12. The molecule has 2 aromatic carbocycles. The highest BCUT2D eigenvalue weighted by Crippen LogP contribution is 2.17. The molecular formula is C21H18N4O4. The Hall–Kier alpha value is -4.07.